The van der Waals surface area contributed by atoms with Gasteiger partial charge in [-0.15, -0.1) is 0 Å². The number of hydrogen-bond donors (Lipinski definition) is 0. The number of aromatic nitrogens is 2. The number of amides is 1. The molecular weight excluding hydrogens is 263 g/mol. The monoisotopic (exact) mass is 275 g/mol. The highest BCUT2D eigenvalue weighted by atomic mass is 19.4. The van der Waals surface area contributed by atoms with E-state index >= 15 is 0 Å². The predicted molar refractivity (Wildman–Crippen MR) is 56.0 cm³/mol. The Balaban J connectivity index is 1.66. The topological polar surface area (TPSA) is 59.2 Å². The van der Waals surface area contributed by atoms with Crippen LogP contribution in [0.4, 0.5) is 13.2 Å². The summed E-state index contributed by atoms with van der Waals surface area (Å²) in [5, 5.41) is 2.90. The molecule has 0 unspecified atom stereocenters. The van der Waals surface area contributed by atoms with Gasteiger partial charge in [0.2, 0.25) is 11.8 Å². The Kier molecular flexibility index (Phi) is 2.75. The van der Waals surface area contributed by atoms with Crippen LogP contribution in [0.3, 0.4) is 0 Å². The Hall–Kier alpha value is -1.60. The Morgan fingerprint density at radius 1 is 1.32 bits per heavy atom. The lowest BCUT2D eigenvalue weighted by molar-refractivity contribution is -0.146. The maximum absolute atomic E-state index is 12.3. The fourth-order valence-electron chi connectivity index (χ4n) is 2.41. The molecule has 1 aliphatic carbocycles. The van der Waals surface area contributed by atoms with E-state index in [1.54, 1.807) is 4.90 Å². The largest absolute Gasteiger partial charge is 0.455 e. The van der Waals surface area contributed by atoms with Gasteiger partial charge in [-0.25, -0.2) is 0 Å². The van der Waals surface area contributed by atoms with Crippen molar-refractivity contribution < 1.29 is 22.5 Å². The quantitative estimate of drug-likeness (QED) is 0.826. The molecule has 1 saturated carbocycles. The first-order valence-electron chi connectivity index (χ1n) is 6.16. The third-order valence-corrected chi connectivity index (χ3v) is 3.54. The molecule has 1 aromatic rings. The van der Waals surface area contributed by atoms with Gasteiger partial charge in [-0.05, 0) is 19.3 Å². The summed E-state index contributed by atoms with van der Waals surface area (Å²) in [6.07, 6.45) is -2.14. The lowest BCUT2D eigenvalue weighted by Crippen LogP contribution is -2.29. The molecule has 0 radical (unpaired) electrons. The summed E-state index contributed by atoms with van der Waals surface area (Å²) in [5.41, 5.74) is 0. The van der Waals surface area contributed by atoms with Crippen molar-refractivity contribution in [1.29, 1.82) is 0 Å². The van der Waals surface area contributed by atoms with Gasteiger partial charge in [-0.2, -0.15) is 18.2 Å². The van der Waals surface area contributed by atoms with Crippen LogP contribution in [-0.2, 0) is 11.0 Å². The molecule has 0 spiro atoms. The molecule has 2 heterocycles. The Bertz CT molecular complexity index is 494. The number of hydrogen-bond acceptors (Lipinski definition) is 4. The molecule has 1 aromatic heterocycles. The van der Waals surface area contributed by atoms with Crippen LogP contribution in [0.15, 0.2) is 4.52 Å². The van der Waals surface area contributed by atoms with Gasteiger partial charge in [0, 0.05) is 13.1 Å². The van der Waals surface area contributed by atoms with E-state index in [4.69, 9.17) is 0 Å². The summed E-state index contributed by atoms with van der Waals surface area (Å²) in [4.78, 5) is 17.1. The van der Waals surface area contributed by atoms with Gasteiger partial charge in [0.1, 0.15) is 0 Å². The number of halogens is 3. The smallest absolute Gasteiger partial charge is 0.342 e. The number of likely N-dealkylation sites (tertiary alicyclic amines) is 1. The molecule has 3 rings (SSSR count). The molecule has 2 fully saturated rings. The van der Waals surface area contributed by atoms with E-state index in [-0.39, 0.29) is 23.6 Å². The lowest BCUT2D eigenvalue weighted by atomic mass is 10.3. The van der Waals surface area contributed by atoms with Crippen LogP contribution < -0.4 is 0 Å². The first-order chi connectivity index (χ1) is 8.97. The standard InChI is InChI=1S/C11H12F3N3O2/c12-11(13,14)10-15-8(19-16-10)6-5-7(6)9(18)17-3-1-2-4-17/h6-7H,1-5H2/t6-,7+/m1/s1. The van der Waals surface area contributed by atoms with Crippen LogP contribution >= 0.6 is 0 Å². The molecule has 104 valence electrons. The van der Waals surface area contributed by atoms with E-state index in [1.807, 2.05) is 0 Å². The third kappa shape index (κ3) is 2.31. The first-order valence-corrected chi connectivity index (χ1v) is 6.16. The highest BCUT2D eigenvalue weighted by Gasteiger charge is 2.50. The summed E-state index contributed by atoms with van der Waals surface area (Å²) in [7, 11) is 0. The summed E-state index contributed by atoms with van der Waals surface area (Å²) < 4.78 is 41.6. The fourth-order valence-corrected chi connectivity index (χ4v) is 2.41. The van der Waals surface area contributed by atoms with Crippen LogP contribution in [0, 0.1) is 5.92 Å². The molecule has 2 atom stereocenters. The molecule has 2 aliphatic rings. The van der Waals surface area contributed by atoms with Crippen molar-refractivity contribution in [3.8, 4) is 0 Å². The van der Waals surface area contributed by atoms with Crippen LogP contribution in [0.5, 0.6) is 0 Å². The SMILES string of the molecule is O=C([C@H]1C[C@H]1c1nc(C(F)(F)F)no1)N1CCCC1. The van der Waals surface area contributed by atoms with Crippen LogP contribution in [0.1, 0.15) is 36.9 Å². The van der Waals surface area contributed by atoms with E-state index in [2.05, 4.69) is 14.7 Å². The summed E-state index contributed by atoms with van der Waals surface area (Å²) >= 11 is 0. The molecule has 0 N–H and O–H groups in total. The average Bonchev–Trinajstić information content (AvgIpc) is 2.84. The van der Waals surface area contributed by atoms with E-state index < -0.39 is 12.0 Å². The number of carbonyl (C=O) groups is 1. The van der Waals surface area contributed by atoms with Gasteiger partial charge in [-0.1, -0.05) is 5.16 Å². The predicted octanol–water partition coefficient (Wildman–Crippen LogP) is 1.81. The van der Waals surface area contributed by atoms with Crippen molar-refractivity contribution >= 4 is 5.91 Å². The minimum Gasteiger partial charge on any atom is -0.342 e. The van der Waals surface area contributed by atoms with Gasteiger partial charge in [0.15, 0.2) is 0 Å². The van der Waals surface area contributed by atoms with E-state index in [0.29, 0.717) is 6.42 Å². The number of nitrogens with zero attached hydrogens (tertiary/aromatic N) is 3. The number of rotatable bonds is 2. The van der Waals surface area contributed by atoms with E-state index in [1.165, 1.54) is 0 Å². The normalized spacial score (nSPS) is 26.8. The Morgan fingerprint density at radius 2 is 2.00 bits per heavy atom. The maximum atomic E-state index is 12.3. The molecule has 1 saturated heterocycles. The minimum atomic E-state index is -4.61. The van der Waals surface area contributed by atoms with Gasteiger partial charge < -0.3 is 9.42 Å². The highest BCUT2D eigenvalue weighted by molar-refractivity contribution is 5.82. The molecule has 5 nitrogen and oxygen atoms in total. The van der Waals surface area contributed by atoms with Crippen molar-refractivity contribution in [3.05, 3.63) is 11.7 Å². The average molecular weight is 275 g/mol. The molecule has 1 aliphatic heterocycles. The van der Waals surface area contributed by atoms with Crippen LogP contribution in [-0.4, -0.2) is 34.0 Å². The first kappa shape index (κ1) is 12.4. The zero-order valence-electron chi connectivity index (χ0n) is 9.98. The van der Waals surface area contributed by atoms with Gasteiger partial charge in [-0.3, -0.25) is 4.79 Å². The van der Waals surface area contributed by atoms with Gasteiger partial charge in [0.25, 0.3) is 5.82 Å². The number of alkyl halides is 3. The van der Waals surface area contributed by atoms with E-state index in [0.717, 1.165) is 25.9 Å². The molecule has 0 aromatic carbocycles. The van der Waals surface area contributed by atoms with Crippen molar-refractivity contribution in [2.45, 2.75) is 31.4 Å². The second-order valence-corrected chi connectivity index (χ2v) is 4.94. The summed E-state index contributed by atoms with van der Waals surface area (Å²) in [6, 6.07) is 0. The minimum absolute atomic E-state index is 0.00532. The van der Waals surface area contributed by atoms with Crippen LogP contribution in [0.25, 0.3) is 0 Å². The molecule has 8 heteroatoms. The fraction of sp³-hybridized carbons (Fsp3) is 0.727. The van der Waals surface area contributed by atoms with Crippen molar-refractivity contribution in [3.63, 3.8) is 0 Å². The lowest BCUT2D eigenvalue weighted by Gasteiger charge is -2.14. The molecule has 19 heavy (non-hydrogen) atoms. The molecule has 0 bridgehead atoms. The van der Waals surface area contributed by atoms with Crippen molar-refractivity contribution in [1.82, 2.24) is 15.0 Å². The van der Waals surface area contributed by atoms with Crippen LogP contribution in [0.2, 0.25) is 0 Å². The summed E-state index contributed by atoms with van der Waals surface area (Å²) in [6.45, 7) is 1.47. The van der Waals surface area contributed by atoms with Gasteiger partial charge >= 0.3 is 6.18 Å². The zero-order chi connectivity index (χ0) is 13.6. The Labute approximate surface area is 106 Å². The Morgan fingerprint density at radius 3 is 2.58 bits per heavy atom. The zero-order valence-corrected chi connectivity index (χ0v) is 9.98. The summed E-state index contributed by atoms with van der Waals surface area (Å²) in [5.74, 6) is -2.00. The second kappa shape index (κ2) is 4.21. The number of carbonyl (C=O) groups excluding carboxylic acids is 1. The second-order valence-electron chi connectivity index (χ2n) is 4.94. The molecule has 1 amide bonds. The van der Waals surface area contributed by atoms with E-state index in [9.17, 15) is 18.0 Å². The van der Waals surface area contributed by atoms with Crippen molar-refractivity contribution in [2.75, 3.05) is 13.1 Å². The maximum Gasteiger partial charge on any atom is 0.455 e. The van der Waals surface area contributed by atoms with Gasteiger partial charge in [0.05, 0.1) is 11.8 Å². The molecular formula is C11H12F3N3O2. The highest BCUT2D eigenvalue weighted by Crippen LogP contribution is 2.48. The van der Waals surface area contributed by atoms with Crippen molar-refractivity contribution in [2.24, 2.45) is 5.92 Å². The third-order valence-electron chi connectivity index (χ3n) is 3.54.